The van der Waals surface area contributed by atoms with E-state index in [1.54, 1.807) is 18.2 Å². The third-order valence-corrected chi connectivity index (χ3v) is 8.17. The Kier molecular flexibility index (Phi) is 11.9. The van der Waals surface area contributed by atoms with Gasteiger partial charge in [0.1, 0.15) is 0 Å². The summed E-state index contributed by atoms with van der Waals surface area (Å²) in [5, 5.41) is 19.4. The fourth-order valence-electron chi connectivity index (χ4n) is 5.24. The summed E-state index contributed by atoms with van der Waals surface area (Å²) in [6.07, 6.45) is -9.27. The van der Waals surface area contributed by atoms with Crippen molar-refractivity contribution in [3.63, 3.8) is 0 Å². The molecule has 14 heteroatoms. The minimum absolute atomic E-state index is 0.0316. The average Bonchev–Trinajstić information content (AvgIpc) is 2.92. The number of likely N-dealkylation sites (N-methyl/N-ethyl adjacent to an activating group) is 1. The molecule has 42 heavy (non-hydrogen) atoms. The number of aliphatic hydroxyl groups excluding tert-OH is 2. The number of amides is 1. The maximum atomic E-state index is 13.3. The van der Waals surface area contributed by atoms with Crippen LogP contribution in [-0.4, -0.2) is 89.8 Å². The van der Waals surface area contributed by atoms with E-state index in [1.807, 2.05) is 4.90 Å². The van der Waals surface area contributed by atoms with Gasteiger partial charge in [0.2, 0.25) is 5.91 Å². The van der Waals surface area contributed by atoms with Gasteiger partial charge in [0.15, 0.2) is 0 Å². The van der Waals surface area contributed by atoms with Gasteiger partial charge in [0.05, 0.1) is 46.8 Å². The summed E-state index contributed by atoms with van der Waals surface area (Å²) >= 11 is 12.4. The number of nitrogens with zero attached hydrogens (tertiary/aromatic N) is 3. The van der Waals surface area contributed by atoms with Crippen molar-refractivity contribution in [2.75, 3.05) is 53.0 Å². The lowest BCUT2D eigenvalue weighted by molar-refractivity contribution is -0.143. The smallest absolute Gasteiger partial charge is 0.395 e. The van der Waals surface area contributed by atoms with Gasteiger partial charge in [-0.2, -0.15) is 26.3 Å². The van der Waals surface area contributed by atoms with Crippen LogP contribution in [0.1, 0.15) is 41.1 Å². The number of carbonyl (C=O) groups excluding carboxylic acids is 1. The van der Waals surface area contributed by atoms with Crippen LogP contribution in [0, 0.1) is 0 Å². The van der Waals surface area contributed by atoms with E-state index in [0.717, 1.165) is 5.56 Å². The summed E-state index contributed by atoms with van der Waals surface area (Å²) in [7, 11) is 1.45. The Morgan fingerprint density at radius 1 is 0.929 bits per heavy atom. The lowest BCUT2D eigenvalue weighted by atomic mass is 9.97. The fraction of sp³-hybridized carbons (Fsp3) is 0.536. The number of hydrogen-bond donors (Lipinski definition) is 2. The number of aliphatic hydroxyl groups is 2. The van der Waals surface area contributed by atoms with E-state index < -0.39 is 47.4 Å². The van der Waals surface area contributed by atoms with E-state index in [2.05, 4.69) is 4.90 Å². The Morgan fingerprint density at radius 2 is 1.48 bits per heavy atom. The molecule has 2 aromatic carbocycles. The predicted octanol–water partition coefficient (Wildman–Crippen LogP) is 5.52. The van der Waals surface area contributed by atoms with Crippen molar-refractivity contribution < 1.29 is 41.4 Å². The second-order valence-electron chi connectivity index (χ2n) is 10.3. The Hall–Kier alpha value is -2.09. The Bertz CT molecular complexity index is 1170. The van der Waals surface area contributed by atoms with Crippen molar-refractivity contribution in [2.45, 2.75) is 43.7 Å². The quantitative estimate of drug-likeness (QED) is 0.316. The van der Waals surface area contributed by atoms with E-state index in [1.165, 1.54) is 11.9 Å². The molecule has 1 aliphatic heterocycles. The maximum Gasteiger partial charge on any atom is 0.416 e. The van der Waals surface area contributed by atoms with Gasteiger partial charge in [-0.3, -0.25) is 14.6 Å². The van der Waals surface area contributed by atoms with Gasteiger partial charge in [-0.25, -0.2) is 0 Å². The molecule has 1 atom stereocenters. The largest absolute Gasteiger partial charge is 0.416 e. The van der Waals surface area contributed by atoms with Crippen molar-refractivity contribution in [3.8, 4) is 0 Å². The number of piperidine rings is 1. The zero-order valence-corrected chi connectivity index (χ0v) is 24.4. The molecule has 234 valence electrons. The van der Waals surface area contributed by atoms with E-state index in [0.29, 0.717) is 61.2 Å². The lowest BCUT2D eigenvalue weighted by Gasteiger charge is -2.42. The van der Waals surface area contributed by atoms with Gasteiger partial charge < -0.3 is 15.1 Å². The molecule has 0 aliphatic carbocycles. The molecule has 6 nitrogen and oxygen atoms in total. The average molecular weight is 644 g/mol. The first-order valence-corrected chi connectivity index (χ1v) is 14.1. The number of likely N-dealkylation sites (tertiary alicyclic amines) is 1. The minimum Gasteiger partial charge on any atom is -0.395 e. The summed E-state index contributed by atoms with van der Waals surface area (Å²) in [5.41, 5.74) is -2.61. The van der Waals surface area contributed by atoms with Crippen LogP contribution in [0.4, 0.5) is 26.3 Å². The molecule has 0 aromatic heterocycles. The van der Waals surface area contributed by atoms with Crippen LogP contribution in [0.2, 0.25) is 10.0 Å². The third kappa shape index (κ3) is 9.20. The molecule has 0 bridgehead atoms. The molecular weight excluding hydrogens is 611 g/mol. The monoisotopic (exact) mass is 643 g/mol. The Labute approximate surface area is 250 Å². The summed E-state index contributed by atoms with van der Waals surface area (Å²) in [6.45, 7) is 2.02. The summed E-state index contributed by atoms with van der Waals surface area (Å²) < 4.78 is 79.8. The normalized spacial score (nSPS) is 16.2. The van der Waals surface area contributed by atoms with Crippen LogP contribution in [0.25, 0.3) is 0 Å². The van der Waals surface area contributed by atoms with E-state index in [-0.39, 0.29) is 31.9 Å². The lowest BCUT2D eigenvalue weighted by Crippen LogP contribution is -2.49. The number of hydrogen-bond acceptors (Lipinski definition) is 5. The summed E-state index contributed by atoms with van der Waals surface area (Å²) in [4.78, 5) is 18.6. The van der Waals surface area contributed by atoms with Crippen LogP contribution in [0.15, 0.2) is 36.4 Å². The molecule has 0 spiro atoms. The maximum absolute atomic E-state index is 13.3. The fourth-order valence-corrected chi connectivity index (χ4v) is 5.55. The van der Waals surface area contributed by atoms with Crippen LogP contribution in [-0.2, 0) is 23.6 Å². The van der Waals surface area contributed by atoms with Crippen LogP contribution < -0.4 is 0 Å². The topological polar surface area (TPSA) is 67.2 Å². The predicted molar refractivity (Wildman–Crippen MR) is 147 cm³/mol. The molecule has 1 amide bonds. The molecule has 1 saturated heterocycles. The first-order valence-electron chi connectivity index (χ1n) is 13.3. The van der Waals surface area contributed by atoms with Crippen LogP contribution in [0.5, 0.6) is 0 Å². The van der Waals surface area contributed by atoms with Gasteiger partial charge in [0, 0.05) is 45.8 Å². The Balaban J connectivity index is 1.82. The van der Waals surface area contributed by atoms with Crippen molar-refractivity contribution in [1.29, 1.82) is 0 Å². The highest BCUT2D eigenvalue weighted by atomic mass is 35.5. The highest BCUT2D eigenvalue weighted by Gasteiger charge is 2.37. The molecule has 1 heterocycles. The van der Waals surface area contributed by atoms with E-state index >= 15 is 0 Å². The Morgan fingerprint density at radius 3 is 1.95 bits per heavy atom. The SMILES string of the molecule is CN(CC(c1ccc(Cl)c(Cl)c1)N1CCC(N(CCO)CCO)CC1)C(=O)Cc1cc(C(F)(F)F)cc(C(F)(F)F)c1. The van der Waals surface area contributed by atoms with Crippen LogP contribution in [0.3, 0.4) is 0 Å². The number of carbonyl (C=O) groups is 1. The van der Waals surface area contributed by atoms with Gasteiger partial charge in [-0.15, -0.1) is 0 Å². The highest BCUT2D eigenvalue weighted by Crippen LogP contribution is 2.37. The summed E-state index contributed by atoms with van der Waals surface area (Å²) in [6, 6.07) is 5.93. The van der Waals surface area contributed by atoms with Crippen molar-refractivity contribution in [3.05, 3.63) is 68.7 Å². The summed E-state index contributed by atoms with van der Waals surface area (Å²) in [5.74, 6) is -0.653. The number of halogens is 8. The molecule has 3 rings (SSSR count). The third-order valence-electron chi connectivity index (χ3n) is 7.43. The van der Waals surface area contributed by atoms with Gasteiger partial charge in [-0.05, 0) is 54.3 Å². The van der Waals surface area contributed by atoms with Gasteiger partial charge >= 0.3 is 12.4 Å². The molecule has 1 unspecified atom stereocenters. The number of alkyl halides is 6. The molecule has 0 radical (unpaired) electrons. The van der Waals surface area contributed by atoms with Gasteiger partial charge in [-0.1, -0.05) is 29.3 Å². The standard InChI is InChI=1S/C28H33Cl2F6N3O3/c1-37(26(42)14-18-12-20(27(31,32)33)16-21(13-18)28(34,35)36)17-25(19-2-3-23(29)24(30)15-19)39-6-4-22(5-7-39)38(8-10-40)9-11-41/h2-3,12-13,15-16,22,25,40-41H,4-11,14,17H2,1H3. The molecule has 2 N–H and O–H groups in total. The van der Waals surface area contributed by atoms with Crippen molar-refractivity contribution in [2.24, 2.45) is 0 Å². The van der Waals surface area contributed by atoms with Gasteiger partial charge in [0.25, 0.3) is 0 Å². The highest BCUT2D eigenvalue weighted by molar-refractivity contribution is 6.42. The number of rotatable bonds is 11. The van der Waals surface area contributed by atoms with Crippen molar-refractivity contribution in [1.82, 2.24) is 14.7 Å². The zero-order valence-electron chi connectivity index (χ0n) is 22.9. The molecular formula is C28H33Cl2F6N3O3. The molecule has 0 saturated carbocycles. The molecule has 1 fully saturated rings. The van der Waals surface area contributed by atoms with E-state index in [4.69, 9.17) is 23.2 Å². The first-order chi connectivity index (χ1) is 19.6. The first kappa shape index (κ1) is 34.4. The van der Waals surface area contributed by atoms with E-state index in [9.17, 15) is 41.4 Å². The zero-order chi connectivity index (χ0) is 31.2. The molecule has 1 aliphatic rings. The number of benzene rings is 2. The minimum atomic E-state index is -5.01. The second kappa shape index (κ2) is 14.6. The second-order valence-corrected chi connectivity index (χ2v) is 11.1. The van der Waals surface area contributed by atoms with Crippen LogP contribution >= 0.6 is 23.2 Å². The molecule has 2 aromatic rings. The van der Waals surface area contributed by atoms with Crippen molar-refractivity contribution >= 4 is 29.1 Å².